The van der Waals surface area contributed by atoms with Gasteiger partial charge in [0.05, 0.1) is 11.8 Å². The first-order valence-corrected chi connectivity index (χ1v) is 11.0. The minimum atomic E-state index is -0.651. The van der Waals surface area contributed by atoms with Crippen LogP contribution in [0.25, 0.3) is 0 Å². The van der Waals surface area contributed by atoms with E-state index < -0.39 is 11.7 Å². The van der Waals surface area contributed by atoms with Crippen LogP contribution in [0.2, 0.25) is 0 Å². The smallest absolute Gasteiger partial charge is 0.250 e. The average molecular weight is 477 g/mol. The molecule has 0 unspecified atom stereocenters. The van der Waals surface area contributed by atoms with Gasteiger partial charge in [0.1, 0.15) is 11.8 Å². The fourth-order valence-corrected chi connectivity index (χ4v) is 3.69. The minimum absolute atomic E-state index is 0.0517. The van der Waals surface area contributed by atoms with E-state index in [1.165, 1.54) is 0 Å². The predicted octanol–water partition coefficient (Wildman–Crippen LogP) is 2.86. The number of piperazine rings is 1. The first-order valence-electron chi connectivity index (χ1n) is 11.0. The zero-order valence-corrected chi connectivity index (χ0v) is 19.2. The van der Waals surface area contributed by atoms with Crippen molar-refractivity contribution in [3.05, 3.63) is 60.0 Å². The molecule has 10 nitrogen and oxygen atoms in total. The van der Waals surface area contributed by atoms with Crippen LogP contribution in [0.15, 0.2) is 48.7 Å². The molecule has 0 aliphatic carbocycles. The SMILES string of the molecule is CN1CCN(c2ccc(Nc3ncc(F)c(Nc4cccc(OCC#N)c4)n3)cc2C(N)=O)CC1. The van der Waals surface area contributed by atoms with E-state index in [2.05, 4.69) is 37.4 Å². The standard InChI is InChI=1S/C24H25FN8O2/c1-32-8-10-33(11-9-32)21-6-5-17(14-19(21)22(27)34)30-24-28-15-20(25)23(31-24)29-16-3-2-4-18(13-16)35-12-7-26/h2-6,13-15H,8-12H2,1H3,(H2,27,34)(H2,28,29,30,31). The van der Waals surface area contributed by atoms with Crippen molar-refractivity contribution in [2.75, 3.05) is 55.4 Å². The van der Waals surface area contributed by atoms with Crippen molar-refractivity contribution in [2.24, 2.45) is 5.73 Å². The van der Waals surface area contributed by atoms with E-state index in [1.807, 2.05) is 12.1 Å². The number of carbonyl (C=O) groups excluding carboxylic acids is 1. The lowest BCUT2D eigenvalue weighted by atomic mass is 10.1. The summed E-state index contributed by atoms with van der Waals surface area (Å²) in [6.07, 6.45) is 1.04. The molecule has 0 bridgehead atoms. The first-order chi connectivity index (χ1) is 16.9. The van der Waals surface area contributed by atoms with Crippen molar-refractivity contribution >= 4 is 34.7 Å². The second kappa shape index (κ2) is 10.7. The van der Waals surface area contributed by atoms with E-state index in [4.69, 9.17) is 15.7 Å². The fourth-order valence-electron chi connectivity index (χ4n) is 3.69. The van der Waals surface area contributed by atoms with Crippen LogP contribution in [0.3, 0.4) is 0 Å². The monoisotopic (exact) mass is 476 g/mol. The highest BCUT2D eigenvalue weighted by molar-refractivity contribution is 6.00. The number of nitriles is 1. The second-order valence-corrected chi connectivity index (χ2v) is 8.00. The summed E-state index contributed by atoms with van der Waals surface area (Å²) in [4.78, 5) is 24.7. The van der Waals surface area contributed by atoms with Gasteiger partial charge in [0.25, 0.3) is 5.91 Å². The molecule has 2 heterocycles. The molecule has 35 heavy (non-hydrogen) atoms. The highest BCUT2D eigenvalue weighted by atomic mass is 19.1. The number of amides is 1. The number of aromatic nitrogens is 2. The van der Waals surface area contributed by atoms with Crippen LogP contribution in [0.4, 0.5) is 33.2 Å². The minimum Gasteiger partial charge on any atom is -0.479 e. The number of nitrogens with one attached hydrogen (secondary N) is 2. The highest BCUT2D eigenvalue weighted by Crippen LogP contribution is 2.27. The maximum atomic E-state index is 14.4. The van der Waals surface area contributed by atoms with Gasteiger partial charge in [-0.2, -0.15) is 10.2 Å². The Morgan fingerprint density at radius 1 is 1.17 bits per heavy atom. The molecule has 1 saturated heterocycles. The van der Waals surface area contributed by atoms with Gasteiger partial charge in [0.15, 0.2) is 18.2 Å². The number of benzene rings is 2. The van der Waals surface area contributed by atoms with Crippen LogP contribution in [0.1, 0.15) is 10.4 Å². The lowest BCUT2D eigenvalue weighted by Crippen LogP contribution is -2.45. The van der Waals surface area contributed by atoms with Crippen molar-refractivity contribution in [3.8, 4) is 11.8 Å². The summed E-state index contributed by atoms with van der Waals surface area (Å²) >= 11 is 0. The Hall–Kier alpha value is -4.43. The molecule has 1 aliphatic rings. The van der Waals surface area contributed by atoms with Gasteiger partial charge in [-0.25, -0.2) is 9.37 Å². The van der Waals surface area contributed by atoms with E-state index >= 15 is 0 Å². The third kappa shape index (κ3) is 5.93. The molecule has 4 rings (SSSR count). The van der Waals surface area contributed by atoms with Crippen LogP contribution < -0.4 is 26.0 Å². The van der Waals surface area contributed by atoms with E-state index in [1.54, 1.807) is 36.4 Å². The van der Waals surface area contributed by atoms with Crippen LogP contribution in [0.5, 0.6) is 5.75 Å². The third-order valence-electron chi connectivity index (χ3n) is 5.51. The molecule has 1 aromatic heterocycles. The molecule has 0 saturated carbocycles. The summed E-state index contributed by atoms with van der Waals surface area (Å²) in [7, 11) is 2.06. The number of hydrogen-bond donors (Lipinski definition) is 3. The highest BCUT2D eigenvalue weighted by Gasteiger charge is 2.20. The number of carbonyl (C=O) groups is 1. The number of ether oxygens (including phenoxy) is 1. The molecule has 1 amide bonds. The topological polar surface area (TPSA) is 132 Å². The second-order valence-electron chi connectivity index (χ2n) is 8.00. The molecule has 3 aromatic rings. The molecule has 180 valence electrons. The quantitative estimate of drug-likeness (QED) is 0.449. The number of primary amides is 1. The summed E-state index contributed by atoms with van der Waals surface area (Å²) < 4.78 is 19.7. The maximum absolute atomic E-state index is 14.4. The van der Waals surface area contributed by atoms with Crippen LogP contribution in [0, 0.1) is 17.1 Å². The van der Waals surface area contributed by atoms with Gasteiger partial charge in [-0.05, 0) is 37.4 Å². The zero-order valence-electron chi connectivity index (χ0n) is 19.2. The van der Waals surface area contributed by atoms with Crippen LogP contribution in [-0.4, -0.2) is 60.6 Å². The molecule has 4 N–H and O–H groups in total. The molecule has 2 aromatic carbocycles. The predicted molar refractivity (Wildman–Crippen MR) is 131 cm³/mol. The zero-order chi connectivity index (χ0) is 24.8. The lowest BCUT2D eigenvalue weighted by Gasteiger charge is -2.35. The van der Waals surface area contributed by atoms with Gasteiger partial charge in [-0.1, -0.05) is 6.07 Å². The van der Waals surface area contributed by atoms with Crippen molar-refractivity contribution < 1.29 is 13.9 Å². The number of nitrogens with zero attached hydrogens (tertiary/aromatic N) is 5. The largest absolute Gasteiger partial charge is 0.479 e. The van der Waals surface area contributed by atoms with Gasteiger partial charge >= 0.3 is 0 Å². The fraction of sp³-hybridized carbons (Fsp3) is 0.250. The Morgan fingerprint density at radius 3 is 2.69 bits per heavy atom. The summed E-state index contributed by atoms with van der Waals surface area (Å²) in [5.74, 6) is -0.646. The summed E-state index contributed by atoms with van der Waals surface area (Å²) in [5, 5.41) is 14.6. The van der Waals surface area contributed by atoms with Gasteiger partial charge in [0, 0.05) is 49.3 Å². The Bertz CT molecular complexity index is 1250. The van der Waals surface area contributed by atoms with E-state index in [-0.39, 0.29) is 18.4 Å². The molecule has 0 radical (unpaired) electrons. The third-order valence-corrected chi connectivity index (χ3v) is 5.51. The molecule has 1 aliphatic heterocycles. The summed E-state index contributed by atoms with van der Waals surface area (Å²) in [6.45, 7) is 3.28. The van der Waals surface area contributed by atoms with Crippen molar-refractivity contribution in [2.45, 2.75) is 0 Å². The molecule has 0 spiro atoms. The number of nitrogens with two attached hydrogens (primary N) is 1. The van der Waals surface area contributed by atoms with Crippen LogP contribution in [-0.2, 0) is 0 Å². The number of halogens is 1. The Labute approximate surface area is 202 Å². The summed E-state index contributed by atoms with van der Waals surface area (Å²) in [5.41, 5.74) is 7.89. The number of rotatable bonds is 8. The van der Waals surface area contributed by atoms with E-state index in [0.29, 0.717) is 22.7 Å². The lowest BCUT2D eigenvalue weighted by molar-refractivity contribution is 0.100. The molecule has 0 atom stereocenters. The van der Waals surface area contributed by atoms with Gasteiger partial charge < -0.3 is 30.9 Å². The average Bonchev–Trinajstić information content (AvgIpc) is 2.85. The maximum Gasteiger partial charge on any atom is 0.250 e. The Balaban J connectivity index is 1.53. The number of likely N-dealkylation sites (N-methyl/N-ethyl adjacent to an activating group) is 1. The molecule has 11 heteroatoms. The van der Waals surface area contributed by atoms with E-state index in [0.717, 1.165) is 38.1 Å². The number of hydrogen-bond acceptors (Lipinski definition) is 9. The Morgan fingerprint density at radius 2 is 1.94 bits per heavy atom. The normalized spacial score (nSPS) is 13.7. The molecular formula is C24H25FN8O2. The van der Waals surface area contributed by atoms with Crippen molar-refractivity contribution in [3.63, 3.8) is 0 Å². The summed E-state index contributed by atoms with van der Waals surface area (Å²) in [6, 6.07) is 13.9. The first kappa shape index (κ1) is 23.7. The van der Waals surface area contributed by atoms with Crippen LogP contribution >= 0.6 is 0 Å². The van der Waals surface area contributed by atoms with Gasteiger partial charge in [0.2, 0.25) is 5.95 Å². The van der Waals surface area contributed by atoms with Crippen molar-refractivity contribution in [1.82, 2.24) is 14.9 Å². The Kier molecular flexibility index (Phi) is 7.23. The van der Waals surface area contributed by atoms with Gasteiger partial charge in [-0.15, -0.1) is 0 Å². The van der Waals surface area contributed by atoms with Gasteiger partial charge in [-0.3, -0.25) is 4.79 Å². The number of anilines is 5. The molecular weight excluding hydrogens is 451 g/mol. The molecule has 1 fully saturated rings. The van der Waals surface area contributed by atoms with Crippen molar-refractivity contribution in [1.29, 1.82) is 5.26 Å². The van der Waals surface area contributed by atoms with E-state index in [9.17, 15) is 9.18 Å².